The van der Waals surface area contributed by atoms with Crippen LogP contribution in [0, 0.1) is 0 Å². The molecule has 2 aromatic heterocycles. The van der Waals surface area contributed by atoms with E-state index in [1.807, 2.05) is 61.5 Å². The maximum Gasteiger partial charge on any atom is 0.266 e. The summed E-state index contributed by atoms with van der Waals surface area (Å²) in [4.78, 5) is 33.8. The Kier molecular flexibility index (Phi) is 7.18. The van der Waals surface area contributed by atoms with Crippen molar-refractivity contribution in [3.8, 4) is 11.4 Å². The topological polar surface area (TPSA) is 77.6 Å². The summed E-state index contributed by atoms with van der Waals surface area (Å²) in [6, 6.07) is 26.8. The van der Waals surface area contributed by atoms with Gasteiger partial charge in [0, 0.05) is 4.47 Å². The average Bonchev–Trinajstić information content (AvgIpc) is 3.45. The lowest BCUT2D eigenvalue weighted by Gasteiger charge is -2.30. The number of para-hydroxylation sites is 2. The number of rotatable bonds is 8. The summed E-state index contributed by atoms with van der Waals surface area (Å²) in [7, 11) is 0. The van der Waals surface area contributed by atoms with Gasteiger partial charge < -0.3 is 14.1 Å². The van der Waals surface area contributed by atoms with Crippen LogP contribution in [0.15, 0.2) is 111 Å². The van der Waals surface area contributed by atoms with Gasteiger partial charge in [-0.3, -0.25) is 14.2 Å². The number of nitrogens with zero attached hydrogens (tertiary/aromatic N) is 3. The van der Waals surface area contributed by atoms with E-state index in [9.17, 15) is 9.59 Å². The number of carbonyl (C=O) groups excluding carboxylic acids is 1. The van der Waals surface area contributed by atoms with Crippen LogP contribution in [0.4, 0.5) is 0 Å². The third-order valence-electron chi connectivity index (χ3n) is 6.06. The molecule has 0 bridgehead atoms. The molecule has 0 aliphatic rings. The van der Waals surface area contributed by atoms with Crippen molar-refractivity contribution in [2.24, 2.45) is 0 Å². The predicted molar refractivity (Wildman–Crippen MR) is 145 cm³/mol. The number of fused-ring (bicyclic) bond motifs is 1. The van der Waals surface area contributed by atoms with Gasteiger partial charge >= 0.3 is 0 Å². The van der Waals surface area contributed by atoms with E-state index in [0.717, 1.165) is 4.47 Å². The fourth-order valence-electron chi connectivity index (χ4n) is 4.17. The molecule has 37 heavy (non-hydrogen) atoms. The van der Waals surface area contributed by atoms with Crippen LogP contribution >= 0.6 is 15.9 Å². The monoisotopic (exact) mass is 557 g/mol. The van der Waals surface area contributed by atoms with Crippen molar-refractivity contribution in [2.45, 2.75) is 19.5 Å². The van der Waals surface area contributed by atoms with E-state index >= 15 is 0 Å². The molecule has 1 unspecified atom stereocenters. The minimum atomic E-state index is -0.585. The van der Waals surface area contributed by atoms with E-state index in [1.54, 1.807) is 52.1 Å². The third kappa shape index (κ3) is 5.34. The molecule has 8 heteroatoms. The first-order chi connectivity index (χ1) is 18.0. The van der Waals surface area contributed by atoms with Crippen LogP contribution in [0.3, 0.4) is 0 Å². The van der Waals surface area contributed by atoms with Gasteiger partial charge in [0.2, 0.25) is 0 Å². The van der Waals surface area contributed by atoms with Gasteiger partial charge in [0.15, 0.2) is 6.61 Å². The summed E-state index contributed by atoms with van der Waals surface area (Å²) < 4.78 is 13.8. The number of furan rings is 1. The minimum absolute atomic E-state index is 0.175. The molecule has 1 amide bonds. The van der Waals surface area contributed by atoms with Gasteiger partial charge in [-0.25, -0.2) is 4.98 Å². The molecule has 0 N–H and O–H groups in total. The van der Waals surface area contributed by atoms with Gasteiger partial charge in [0.1, 0.15) is 17.3 Å². The van der Waals surface area contributed by atoms with Gasteiger partial charge in [-0.1, -0.05) is 46.3 Å². The first-order valence-corrected chi connectivity index (χ1v) is 12.6. The van der Waals surface area contributed by atoms with Gasteiger partial charge in [0.05, 0.1) is 35.4 Å². The average molecular weight is 558 g/mol. The van der Waals surface area contributed by atoms with Crippen molar-refractivity contribution in [1.82, 2.24) is 14.5 Å². The Morgan fingerprint density at radius 2 is 1.73 bits per heavy atom. The number of ether oxygens (including phenoxy) is 1. The highest BCUT2D eigenvalue weighted by atomic mass is 79.9. The molecule has 0 saturated heterocycles. The van der Waals surface area contributed by atoms with Crippen molar-refractivity contribution in [1.29, 1.82) is 0 Å². The van der Waals surface area contributed by atoms with Crippen LogP contribution < -0.4 is 10.3 Å². The van der Waals surface area contributed by atoms with Crippen LogP contribution in [0.1, 0.15) is 24.6 Å². The van der Waals surface area contributed by atoms with Crippen molar-refractivity contribution in [3.05, 3.63) is 124 Å². The number of halogens is 1. The van der Waals surface area contributed by atoms with Crippen molar-refractivity contribution in [3.63, 3.8) is 0 Å². The lowest BCUT2D eigenvalue weighted by Crippen LogP contribution is -2.39. The first-order valence-electron chi connectivity index (χ1n) is 11.8. The zero-order valence-corrected chi connectivity index (χ0v) is 21.7. The second-order valence-corrected chi connectivity index (χ2v) is 9.40. The van der Waals surface area contributed by atoms with Gasteiger partial charge in [-0.2, -0.15) is 0 Å². The molecule has 5 aromatic rings. The summed E-state index contributed by atoms with van der Waals surface area (Å²) in [6.07, 6.45) is 1.56. The Morgan fingerprint density at radius 1 is 1.00 bits per heavy atom. The zero-order valence-electron chi connectivity index (χ0n) is 20.1. The predicted octanol–water partition coefficient (Wildman–Crippen LogP) is 5.91. The van der Waals surface area contributed by atoms with Crippen molar-refractivity contribution >= 4 is 32.7 Å². The fraction of sp³-hybridized carbons (Fsp3) is 0.138. The second kappa shape index (κ2) is 10.8. The summed E-state index contributed by atoms with van der Waals surface area (Å²) in [5, 5.41) is 0.498. The van der Waals surface area contributed by atoms with Gasteiger partial charge in [-0.05, 0) is 67.6 Å². The molecule has 7 nitrogen and oxygen atoms in total. The highest BCUT2D eigenvalue weighted by molar-refractivity contribution is 9.10. The van der Waals surface area contributed by atoms with Crippen molar-refractivity contribution in [2.75, 3.05) is 6.61 Å². The molecule has 3 aromatic carbocycles. The molecular formula is C29H24BrN3O4. The van der Waals surface area contributed by atoms with Crippen LogP contribution in [-0.4, -0.2) is 27.0 Å². The highest BCUT2D eigenvalue weighted by Crippen LogP contribution is 2.26. The number of benzene rings is 3. The highest BCUT2D eigenvalue weighted by Gasteiger charge is 2.28. The van der Waals surface area contributed by atoms with Crippen LogP contribution in [0.2, 0.25) is 0 Å². The van der Waals surface area contributed by atoms with Crippen LogP contribution in [0.25, 0.3) is 16.6 Å². The SMILES string of the molecule is CC(c1nc2ccccc2c(=O)n1-c1ccc(Br)cc1)N(Cc1ccco1)C(=O)COc1ccccc1. The molecule has 5 rings (SSSR count). The first kappa shape index (κ1) is 24.5. The van der Waals surface area contributed by atoms with Gasteiger partial charge in [0.25, 0.3) is 11.5 Å². The van der Waals surface area contributed by atoms with E-state index < -0.39 is 6.04 Å². The zero-order chi connectivity index (χ0) is 25.8. The minimum Gasteiger partial charge on any atom is -0.484 e. The van der Waals surface area contributed by atoms with E-state index in [2.05, 4.69) is 15.9 Å². The third-order valence-corrected chi connectivity index (χ3v) is 6.59. The molecule has 0 radical (unpaired) electrons. The van der Waals surface area contributed by atoms with E-state index in [1.165, 1.54) is 0 Å². The normalized spacial score (nSPS) is 11.8. The molecule has 0 saturated carbocycles. The van der Waals surface area contributed by atoms with E-state index in [-0.39, 0.29) is 24.6 Å². The standard InChI is InChI=1S/C29H24BrN3O4/c1-20(32(18-24-10-7-17-36-24)27(34)19-37-23-8-3-2-4-9-23)28-31-26-12-6-5-11-25(26)29(35)33(28)22-15-13-21(30)14-16-22/h2-17,20H,18-19H2,1H3. The smallest absolute Gasteiger partial charge is 0.266 e. The Balaban J connectivity index is 1.58. The Morgan fingerprint density at radius 3 is 2.46 bits per heavy atom. The Hall–Kier alpha value is -4.17. The molecule has 1 atom stereocenters. The molecular weight excluding hydrogens is 534 g/mol. The maximum atomic E-state index is 13.7. The van der Waals surface area contributed by atoms with Crippen LogP contribution in [0.5, 0.6) is 5.75 Å². The quantitative estimate of drug-likeness (QED) is 0.237. The summed E-state index contributed by atoms with van der Waals surface area (Å²) in [6.45, 7) is 1.87. The van der Waals surface area contributed by atoms with E-state index in [0.29, 0.717) is 33.9 Å². The number of amides is 1. The second-order valence-electron chi connectivity index (χ2n) is 8.48. The summed E-state index contributed by atoms with van der Waals surface area (Å²) >= 11 is 3.46. The number of hydrogen-bond acceptors (Lipinski definition) is 5. The number of hydrogen-bond donors (Lipinski definition) is 0. The Labute approximate surface area is 222 Å². The lowest BCUT2D eigenvalue weighted by molar-refractivity contribution is -0.136. The van der Waals surface area contributed by atoms with Crippen molar-refractivity contribution < 1.29 is 13.9 Å². The molecule has 186 valence electrons. The summed E-state index contributed by atoms with van der Waals surface area (Å²) in [5.41, 5.74) is 1.01. The fourth-order valence-corrected chi connectivity index (χ4v) is 4.43. The molecule has 0 aliphatic heterocycles. The summed E-state index contributed by atoms with van der Waals surface area (Å²) in [5.74, 6) is 1.37. The molecule has 0 fully saturated rings. The largest absolute Gasteiger partial charge is 0.484 e. The maximum absolute atomic E-state index is 13.7. The Bertz CT molecular complexity index is 1570. The van der Waals surface area contributed by atoms with Crippen LogP contribution in [-0.2, 0) is 11.3 Å². The molecule has 0 aliphatic carbocycles. The molecule has 2 heterocycles. The van der Waals surface area contributed by atoms with E-state index in [4.69, 9.17) is 14.1 Å². The number of aromatic nitrogens is 2. The number of carbonyl (C=O) groups is 1. The van der Waals surface area contributed by atoms with Gasteiger partial charge in [-0.15, -0.1) is 0 Å². The lowest BCUT2D eigenvalue weighted by atomic mass is 10.1. The molecule has 0 spiro atoms.